The van der Waals surface area contributed by atoms with Crippen LogP contribution in [0, 0.1) is 5.92 Å². The molecule has 1 aromatic rings. The molecular formula is C19H25N3O4S2. The first-order valence-electron chi connectivity index (χ1n) is 9.38. The first-order chi connectivity index (χ1) is 13.3. The number of fused-ring (bicyclic) bond motifs is 1. The second-order valence-electron chi connectivity index (χ2n) is 7.04. The van der Waals surface area contributed by atoms with Gasteiger partial charge in [0.2, 0.25) is 11.8 Å². The van der Waals surface area contributed by atoms with Crippen LogP contribution in [-0.4, -0.2) is 53.8 Å². The number of nitrogens with zero attached hydrogens (tertiary/aromatic N) is 2. The Bertz CT molecular complexity index is 833. The molecule has 1 fully saturated rings. The van der Waals surface area contributed by atoms with Crippen molar-refractivity contribution in [3.05, 3.63) is 16.0 Å². The molecule has 0 saturated carbocycles. The molecule has 0 radical (unpaired) electrons. The van der Waals surface area contributed by atoms with E-state index in [-0.39, 0.29) is 24.8 Å². The molecule has 7 nitrogen and oxygen atoms in total. The molecule has 0 bridgehead atoms. The van der Waals surface area contributed by atoms with Gasteiger partial charge in [0.25, 0.3) is 0 Å². The highest BCUT2D eigenvalue weighted by Gasteiger charge is 2.37. The van der Waals surface area contributed by atoms with Gasteiger partial charge in [-0.3, -0.25) is 19.5 Å². The van der Waals surface area contributed by atoms with Gasteiger partial charge in [-0.2, -0.15) is 0 Å². The molecule has 2 heterocycles. The van der Waals surface area contributed by atoms with E-state index in [1.807, 2.05) is 0 Å². The highest BCUT2D eigenvalue weighted by atomic mass is 32.2. The molecule has 9 heteroatoms. The third-order valence-electron chi connectivity index (χ3n) is 4.95. The van der Waals surface area contributed by atoms with Gasteiger partial charge in [-0.15, -0.1) is 11.3 Å². The maximum Gasteiger partial charge on any atom is 0.341 e. The molecule has 1 aromatic heterocycles. The Morgan fingerprint density at radius 3 is 2.79 bits per heavy atom. The number of aliphatic imine (C=N–C) groups is 1. The Balaban J connectivity index is 1.79. The number of rotatable bonds is 5. The summed E-state index contributed by atoms with van der Waals surface area (Å²) in [7, 11) is 3.28. The minimum atomic E-state index is -0.496. The van der Waals surface area contributed by atoms with Crippen LogP contribution in [0.2, 0.25) is 0 Å². The van der Waals surface area contributed by atoms with Gasteiger partial charge >= 0.3 is 5.97 Å². The largest absolute Gasteiger partial charge is 0.462 e. The van der Waals surface area contributed by atoms with E-state index in [1.165, 1.54) is 28.0 Å². The lowest BCUT2D eigenvalue weighted by molar-refractivity contribution is -0.127. The number of amides is 2. The summed E-state index contributed by atoms with van der Waals surface area (Å²) in [4.78, 5) is 44.1. The van der Waals surface area contributed by atoms with E-state index in [4.69, 9.17) is 4.74 Å². The van der Waals surface area contributed by atoms with Crippen LogP contribution in [-0.2, 0) is 27.2 Å². The fourth-order valence-electron chi connectivity index (χ4n) is 3.50. The minimum absolute atomic E-state index is 0.0358. The minimum Gasteiger partial charge on any atom is -0.462 e. The summed E-state index contributed by atoms with van der Waals surface area (Å²) < 4.78 is 5.23. The molecular weight excluding hydrogens is 398 g/mol. The molecule has 2 aliphatic rings. The molecule has 28 heavy (non-hydrogen) atoms. The lowest BCUT2D eigenvalue weighted by Gasteiger charge is -2.18. The van der Waals surface area contributed by atoms with Crippen molar-refractivity contribution < 1.29 is 19.1 Å². The number of ether oxygens (including phenoxy) is 1. The quantitative estimate of drug-likeness (QED) is 0.736. The Morgan fingerprint density at radius 1 is 1.39 bits per heavy atom. The summed E-state index contributed by atoms with van der Waals surface area (Å²) in [5, 5.41) is 3.52. The number of thioether (sulfide) groups is 1. The zero-order valence-electron chi connectivity index (χ0n) is 16.5. The van der Waals surface area contributed by atoms with Gasteiger partial charge in [0.15, 0.2) is 5.17 Å². The second kappa shape index (κ2) is 8.65. The topological polar surface area (TPSA) is 88.1 Å². The van der Waals surface area contributed by atoms with Crippen LogP contribution in [0.1, 0.15) is 47.5 Å². The normalized spacial score (nSPS) is 23.1. The van der Waals surface area contributed by atoms with Crippen molar-refractivity contribution in [3.8, 4) is 0 Å². The van der Waals surface area contributed by atoms with E-state index < -0.39 is 11.2 Å². The lowest BCUT2D eigenvalue weighted by atomic mass is 9.88. The van der Waals surface area contributed by atoms with Gasteiger partial charge in [0.1, 0.15) is 10.3 Å². The van der Waals surface area contributed by atoms with Crippen molar-refractivity contribution >= 4 is 51.1 Å². The maximum absolute atomic E-state index is 12.6. The van der Waals surface area contributed by atoms with Gasteiger partial charge in [-0.25, -0.2) is 4.79 Å². The summed E-state index contributed by atoms with van der Waals surface area (Å²) in [6.45, 7) is 4.24. The number of hydrogen-bond donors (Lipinski definition) is 1. The summed E-state index contributed by atoms with van der Waals surface area (Å²) >= 11 is 2.74. The van der Waals surface area contributed by atoms with Crippen molar-refractivity contribution in [2.45, 2.75) is 44.8 Å². The fraction of sp³-hybridized carbons (Fsp3) is 0.579. The van der Waals surface area contributed by atoms with Gasteiger partial charge in [0, 0.05) is 25.4 Å². The van der Waals surface area contributed by atoms with E-state index in [0.29, 0.717) is 21.7 Å². The summed E-state index contributed by atoms with van der Waals surface area (Å²) in [5.41, 5.74) is 1.49. The Hall–Kier alpha value is -1.87. The molecule has 0 aromatic carbocycles. The van der Waals surface area contributed by atoms with Crippen molar-refractivity contribution in [3.63, 3.8) is 0 Å². The number of carbonyl (C=O) groups is 3. The first kappa shape index (κ1) is 20.9. The van der Waals surface area contributed by atoms with Crippen LogP contribution in [0.5, 0.6) is 0 Å². The summed E-state index contributed by atoms with van der Waals surface area (Å²) in [6, 6.07) is 0. The van der Waals surface area contributed by atoms with Crippen molar-refractivity contribution in [1.82, 2.24) is 4.90 Å². The zero-order valence-corrected chi connectivity index (χ0v) is 18.2. The molecule has 1 N–H and O–H groups in total. The molecule has 1 aliphatic carbocycles. The average molecular weight is 424 g/mol. The molecule has 3 rings (SSSR count). The number of anilines is 1. The van der Waals surface area contributed by atoms with Crippen LogP contribution in [0.3, 0.4) is 0 Å². The molecule has 2 amide bonds. The van der Waals surface area contributed by atoms with Crippen molar-refractivity contribution in [2.75, 3.05) is 26.0 Å². The predicted molar refractivity (Wildman–Crippen MR) is 112 cm³/mol. The molecule has 0 unspecified atom stereocenters. The van der Waals surface area contributed by atoms with E-state index in [0.717, 1.165) is 29.7 Å². The Kier molecular flexibility index (Phi) is 6.44. The van der Waals surface area contributed by atoms with Crippen LogP contribution in [0.25, 0.3) is 0 Å². The number of nitrogens with one attached hydrogen (secondary N) is 1. The summed E-state index contributed by atoms with van der Waals surface area (Å²) in [6.07, 6.45) is 2.77. The van der Waals surface area contributed by atoms with Gasteiger partial charge in [0.05, 0.1) is 12.2 Å². The van der Waals surface area contributed by atoms with E-state index in [2.05, 4.69) is 17.2 Å². The van der Waals surface area contributed by atoms with E-state index >= 15 is 0 Å². The predicted octanol–water partition coefficient (Wildman–Crippen LogP) is 2.94. The van der Waals surface area contributed by atoms with Crippen LogP contribution in [0.4, 0.5) is 5.00 Å². The SMILES string of the molecule is CCOC(=O)c1c(NC(=O)C[C@@H]2SC(=NC)N(C)C2=O)sc2c1CC[C@H](C)C2. The standard InChI is InChI=1S/C19H25N3O4S2/c1-5-26-18(25)15-11-7-6-10(2)8-12(11)27-16(15)21-14(23)9-13-17(24)22(4)19(20-3)28-13/h10,13H,5-9H2,1-4H3,(H,21,23)/t10-,13-/m0/s1. The van der Waals surface area contributed by atoms with Crippen molar-refractivity contribution in [1.29, 1.82) is 0 Å². The van der Waals surface area contributed by atoms with Crippen LogP contribution < -0.4 is 5.32 Å². The number of thiophene rings is 1. The average Bonchev–Trinajstić information content (AvgIpc) is 3.13. The van der Waals surface area contributed by atoms with Gasteiger partial charge in [-0.05, 0) is 37.7 Å². The molecule has 1 saturated heterocycles. The fourth-order valence-corrected chi connectivity index (χ4v) is 6.02. The summed E-state index contributed by atoms with van der Waals surface area (Å²) in [5.74, 6) is -0.254. The highest BCUT2D eigenvalue weighted by molar-refractivity contribution is 8.15. The smallest absolute Gasteiger partial charge is 0.341 e. The molecule has 0 spiro atoms. The first-order valence-corrected chi connectivity index (χ1v) is 11.1. The maximum atomic E-state index is 12.6. The third-order valence-corrected chi connectivity index (χ3v) is 7.44. The van der Waals surface area contributed by atoms with Crippen molar-refractivity contribution in [2.24, 2.45) is 10.9 Å². The lowest BCUT2D eigenvalue weighted by Crippen LogP contribution is -2.30. The van der Waals surface area contributed by atoms with Gasteiger partial charge < -0.3 is 10.1 Å². The number of carbonyl (C=O) groups excluding carboxylic acids is 3. The molecule has 152 valence electrons. The van der Waals surface area contributed by atoms with E-state index in [1.54, 1.807) is 21.0 Å². The monoisotopic (exact) mass is 423 g/mol. The second-order valence-corrected chi connectivity index (χ2v) is 9.31. The van der Waals surface area contributed by atoms with E-state index in [9.17, 15) is 14.4 Å². The zero-order chi connectivity index (χ0) is 20.4. The highest BCUT2D eigenvalue weighted by Crippen LogP contribution is 2.40. The Labute approximate surface area is 172 Å². The Morgan fingerprint density at radius 2 is 2.14 bits per heavy atom. The number of esters is 1. The van der Waals surface area contributed by atoms with Crippen LogP contribution in [0.15, 0.2) is 4.99 Å². The molecule has 1 aliphatic heterocycles. The van der Waals surface area contributed by atoms with Crippen LogP contribution >= 0.6 is 23.1 Å². The molecule has 2 atom stereocenters. The third kappa shape index (κ3) is 4.10. The number of hydrogen-bond acceptors (Lipinski definition) is 7. The number of amidine groups is 1. The van der Waals surface area contributed by atoms with Gasteiger partial charge in [-0.1, -0.05) is 18.7 Å².